The predicted molar refractivity (Wildman–Crippen MR) is 96.8 cm³/mol. The van der Waals surface area contributed by atoms with Gasteiger partial charge in [-0.3, -0.25) is 4.79 Å². The molecule has 0 saturated heterocycles. The van der Waals surface area contributed by atoms with Crippen molar-refractivity contribution in [3.05, 3.63) is 51.9 Å². The van der Waals surface area contributed by atoms with Crippen LogP contribution in [0.2, 0.25) is 5.02 Å². The molecule has 8 heteroatoms. The van der Waals surface area contributed by atoms with Crippen LogP contribution < -0.4 is 4.72 Å². The quantitative estimate of drug-likeness (QED) is 0.795. The second-order valence-electron chi connectivity index (χ2n) is 5.29. The molecule has 0 bridgehead atoms. The maximum absolute atomic E-state index is 12.2. The minimum absolute atomic E-state index is 0.138. The van der Waals surface area contributed by atoms with Crippen LogP contribution in [0.1, 0.15) is 17.4 Å². The van der Waals surface area contributed by atoms with E-state index in [0.29, 0.717) is 11.6 Å². The summed E-state index contributed by atoms with van der Waals surface area (Å²) < 4.78 is 27.2. The number of carbonyl (C=O) groups excluding carboxylic acids is 1. The third-order valence-electron chi connectivity index (χ3n) is 3.42. The molecule has 0 fully saturated rings. The Kier molecular flexibility index (Phi) is 6.40. The van der Waals surface area contributed by atoms with Gasteiger partial charge >= 0.3 is 0 Å². The second-order valence-corrected chi connectivity index (χ2v) is 8.98. The molecule has 1 N–H and O–H groups in total. The Balaban J connectivity index is 1.97. The SMILES string of the molecule is CC(=O)N(CCNS(=O)(=O)c1ccc(C)s1)Cc1ccccc1Cl. The fraction of sp³-hybridized carbons (Fsp3) is 0.312. The van der Waals surface area contributed by atoms with Crippen molar-refractivity contribution in [1.82, 2.24) is 9.62 Å². The maximum Gasteiger partial charge on any atom is 0.250 e. The summed E-state index contributed by atoms with van der Waals surface area (Å²) in [6, 6.07) is 10.6. The lowest BCUT2D eigenvalue weighted by Crippen LogP contribution is -2.37. The van der Waals surface area contributed by atoms with Crippen molar-refractivity contribution in [1.29, 1.82) is 0 Å². The molecule has 0 unspecified atom stereocenters. The van der Waals surface area contributed by atoms with E-state index in [1.54, 1.807) is 23.1 Å². The van der Waals surface area contributed by atoms with Gasteiger partial charge in [0.1, 0.15) is 4.21 Å². The van der Waals surface area contributed by atoms with E-state index in [1.807, 2.05) is 25.1 Å². The first-order valence-electron chi connectivity index (χ1n) is 7.34. The zero-order valence-electron chi connectivity index (χ0n) is 13.5. The topological polar surface area (TPSA) is 66.5 Å². The highest BCUT2D eigenvalue weighted by Crippen LogP contribution is 2.20. The number of benzene rings is 1. The fourth-order valence-corrected chi connectivity index (χ4v) is 4.67. The van der Waals surface area contributed by atoms with Gasteiger partial charge in [0.2, 0.25) is 15.9 Å². The molecule has 24 heavy (non-hydrogen) atoms. The highest BCUT2D eigenvalue weighted by Gasteiger charge is 2.17. The van der Waals surface area contributed by atoms with Gasteiger partial charge in [-0.1, -0.05) is 29.8 Å². The van der Waals surface area contributed by atoms with Gasteiger partial charge in [-0.15, -0.1) is 11.3 Å². The lowest BCUT2D eigenvalue weighted by atomic mass is 10.2. The maximum atomic E-state index is 12.2. The first-order valence-corrected chi connectivity index (χ1v) is 10.0. The highest BCUT2D eigenvalue weighted by atomic mass is 35.5. The van der Waals surface area contributed by atoms with E-state index in [1.165, 1.54) is 18.3 Å². The first-order chi connectivity index (χ1) is 11.3. The summed E-state index contributed by atoms with van der Waals surface area (Å²) in [5.74, 6) is -0.138. The summed E-state index contributed by atoms with van der Waals surface area (Å²) in [7, 11) is -3.54. The standard InChI is InChI=1S/C16H19ClN2O3S2/c1-12-7-8-16(23-12)24(21,22)18-9-10-19(13(2)20)11-14-5-3-4-6-15(14)17/h3-8,18H,9-11H2,1-2H3. The van der Waals surface area contributed by atoms with Crippen LogP contribution >= 0.6 is 22.9 Å². The fourth-order valence-electron chi connectivity index (χ4n) is 2.12. The van der Waals surface area contributed by atoms with Crippen molar-refractivity contribution in [2.75, 3.05) is 13.1 Å². The molecule has 1 aromatic heterocycles. The zero-order valence-corrected chi connectivity index (χ0v) is 15.8. The third-order valence-corrected chi connectivity index (χ3v) is 6.74. The Morgan fingerprint density at radius 2 is 1.96 bits per heavy atom. The van der Waals surface area contributed by atoms with Gasteiger partial charge in [-0.2, -0.15) is 0 Å². The molecule has 0 aliphatic rings. The van der Waals surface area contributed by atoms with Gasteiger partial charge in [0.15, 0.2) is 0 Å². The second kappa shape index (κ2) is 8.11. The average molecular weight is 387 g/mol. The number of nitrogens with zero attached hydrogens (tertiary/aromatic N) is 1. The molecule has 1 aromatic carbocycles. The Morgan fingerprint density at radius 1 is 1.25 bits per heavy atom. The molecule has 2 rings (SSSR count). The number of hydrogen-bond donors (Lipinski definition) is 1. The van der Waals surface area contributed by atoms with Crippen LogP contribution in [0.15, 0.2) is 40.6 Å². The van der Waals surface area contributed by atoms with E-state index < -0.39 is 10.0 Å². The van der Waals surface area contributed by atoms with Crippen molar-refractivity contribution < 1.29 is 13.2 Å². The van der Waals surface area contributed by atoms with Crippen molar-refractivity contribution in [3.8, 4) is 0 Å². The number of sulfonamides is 1. The van der Waals surface area contributed by atoms with Crippen LogP contribution in [0.5, 0.6) is 0 Å². The Labute approximate surface area is 151 Å². The Bertz CT molecular complexity index is 818. The van der Waals surface area contributed by atoms with E-state index in [4.69, 9.17) is 11.6 Å². The minimum Gasteiger partial charge on any atom is -0.337 e. The molecule has 130 valence electrons. The number of rotatable bonds is 7. The van der Waals surface area contributed by atoms with Gasteiger partial charge in [0, 0.05) is 36.5 Å². The monoisotopic (exact) mass is 386 g/mol. The Hall–Kier alpha value is -1.41. The smallest absolute Gasteiger partial charge is 0.250 e. The molecular formula is C16H19ClN2O3S2. The number of thiophene rings is 1. The normalized spacial score (nSPS) is 11.5. The third kappa shape index (κ3) is 5.04. The number of hydrogen-bond acceptors (Lipinski definition) is 4. The van der Waals surface area contributed by atoms with E-state index in [9.17, 15) is 13.2 Å². The minimum atomic E-state index is -3.54. The van der Waals surface area contributed by atoms with Crippen LogP contribution in [-0.2, 0) is 21.4 Å². The molecule has 1 heterocycles. The molecular weight excluding hydrogens is 368 g/mol. The van der Waals surface area contributed by atoms with Crippen LogP contribution in [0.25, 0.3) is 0 Å². The van der Waals surface area contributed by atoms with Crippen molar-refractivity contribution in [2.24, 2.45) is 0 Å². The van der Waals surface area contributed by atoms with Crippen molar-refractivity contribution >= 4 is 38.9 Å². The summed E-state index contributed by atoms with van der Waals surface area (Å²) in [4.78, 5) is 14.3. The molecule has 0 aliphatic carbocycles. The summed E-state index contributed by atoms with van der Waals surface area (Å²) >= 11 is 7.33. The van der Waals surface area contributed by atoms with Crippen molar-refractivity contribution in [3.63, 3.8) is 0 Å². The average Bonchev–Trinajstić information content (AvgIpc) is 2.95. The summed E-state index contributed by atoms with van der Waals surface area (Å²) in [6.07, 6.45) is 0. The number of nitrogens with one attached hydrogen (secondary N) is 1. The summed E-state index contributed by atoms with van der Waals surface area (Å²) in [5.41, 5.74) is 0.825. The van der Waals surface area contributed by atoms with Gasteiger partial charge in [0.05, 0.1) is 0 Å². The van der Waals surface area contributed by atoms with Gasteiger partial charge in [-0.05, 0) is 30.7 Å². The number of aryl methyl sites for hydroxylation is 1. The molecule has 0 saturated carbocycles. The van der Waals surface area contributed by atoms with E-state index in [-0.39, 0.29) is 23.2 Å². The molecule has 2 aromatic rings. The number of amides is 1. The van der Waals surface area contributed by atoms with Crippen LogP contribution in [-0.4, -0.2) is 32.3 Å². The summed E-state index contributed by atoms with van der Waals surface area (Å²) in [5, 5.41) is 0.582. The van der Waals surface area contributed by atoms with E-state index in [0.717, 1.165) is 10.4 Å². The van der Waals surface area contributed by atoms with E-state index in [2.05, 4.69) is 4.72 Å². The van der Waals surface area contributed by atoms with Crippen molar-refractivity contribution in [2.45, 2.75) is 24.6 Å². The molecule has 0 radical (unpaired) electrons. The lowest BCUT2D eigenvalue weighted by molar-refractivity contribution is -0.129. The zero-order chi connectivity index (χ0) is 17.7. The number of halogens is 1. The molecule has 5 nitrogen and oxygen atoms in total. The molecule has 0 spiro atoms. The van der Waals surface area contributed by atoms with Crippen LogP contribution in [0.4, 0.5) is 0 Å². The van der Waals surface area contributed by atoms with Gasteiger partial charge in [0.25, 0.3) is 0 Å². The molecule has 0 aliphatic heterocycles. The van der Waals surface area contributed by atoms with Crippen LogP contribution in [0.3, 0.4) is 0 Å². The predicted octanol–water partition coefficient (Wildman–Crippen LogP) is 3.04. The lowest BCUT2D eigenvalue weighted by Gasteiger charge is -2.21. The molecule has 1 amide bonds. The van der Waals surface area contributed by atoms with Gasteiger partial charge in [-0.25, -0.2) is 13.1 Å². The van der Waals surface area contributed by atoms with E-state index >= 15 is 0 Å². The summed E-state index contributed by atoms with van der Waals surface area (Å²) in [6.45, 7) is 4.06. The molecule has 0 atom stereocenters. The largest absolute Gasteiger partial charge is 0.337 e. The Morgan fingerprint density at radius 3 is 2.54 bits per heavy atom. The highest BCUT2D eigenvalue weighted by molar-refractivity contribution is 7.91. The van der Waals surface area contributed by atoms with Gasteiger partial charge < -0.3 is 4.90 Å². The van der Waals surface area contributed by atoms with Crippen LogP contribution in [0, 0.1) is 6.92 Å². The first kappa shape index (κ1) is 18.9. The number of carbonyl (C=O) groups is 1.